The summed E-state index contributed by atoms with van der Waals surface area (Å²) < 4.78 is 0. The number of carbonyl (C=O) groups is 1. The van der Waals surface area contributed by atoms with Crippen molar-refractivity contribution in [3.8, 4) is 0 Å². The summed E-state index contributed by atoms with van der Waals surface area (Å²) >= 11 is 0. The molecule has 1 N–H and O–H groups in total. The van der Waals surface area contributed by atoms with E-state index >= 15 is 0 Å². The lowest BCUT2D eigenvalue weighted by Gasteiger charge is -2.37. The third-order valence-electron chi connectivity index (χ3n) is 4.00. The zero-order valence-electron chi connectivity index (χ0n) is 10.4. The minimum atomic E-state index is -1.03. The molecule has 1 atom stereocenters. The van der Waals surface area contributed by atoms with Gasteiger partial charge in [-0.15, -0.1) is 0 Å². The Morgan fingerprint density at radius 1 is 1.18 bits per heavy atom. The van der Waals surface area contributed by atoms with Crippen molar-refractivity contribution in [2.75, 3.05) is 0 Å². The van der Waals surface area contributed by atoms with Crippen molar-refractivity contribution in [1.82, 2.24) is 5.73 Å². The van der Waals surface area contributed by atoms with Gasteiger partial charge in [0, 0.05) is 0 Å². The Balaban J connectivity index is 2.35. The van der Waals surface area contributed by atoms with Crippen LogP contribution < -0.4 is 5.73 Å². The highest BCUT2D eigenvalue weighted by atomic mass is 16.1. The van der Waals surface area contributed by atoms with E-state index in [0.29, 0.717) is 0 Å². The number of hydrogen-bond donors (Lipinski definition) is 0. The number of rotatable bonds is 3. The lowest BCUT2D eigenvalue weighted by molar-refractivity contribution is -0.125. The van der Waals surface area contributed by atoms with Gasteiger partial charge in [-0.25, -0.2) is 5.73 Å². The number of benzene rings is 1. The fourth-order valence-corrected chi connectivity index (χ4v) is 2.96. The van der Waals surface area contributed by atoms with Crippen molar-refractivity contribution in [3.63, 3.8) is 0 Å². The molecule has 1 aliphatic rings. The Hall–Kier alpha value is -1.15. The molecule has 1 aromatic carbocycles. The van der Waals surface area contributed by atoms with E-state index in [-0.39, 0.29) is 11.7 Å². The van der Waals surface area contributed by atoms with Crippen LogP contribution in [-0.4, -0.2) is 5.78 Å². The van der Waals surface area contributed by atoms with Crippen LogP contribution in [0.4, 0.5) is 0 Å². The summed E-state index contributed by atoms with van der Waals surface area (Å²) in [5.74, 6) is 0.173. The molecule has 1 fully saturated rings. The maximum Gasteiger partial charge on any atom is 0.155 e. The molecule has 1 radical (unpaired) electrons. The fraction of sp³-hybridized carbons (Fsp3) is 0.533. The van der Waals surface area contributed by atoms with Crippen LogP contribution in [0.15, 0.2) is 30.3 Å². The lowest BCUT2D eigenvalue weighted by atomic mass is 9.70. The van der Waals surface area contributed by atoms with Gasteiger partial charge >= 0.3 is 0 Å². The normalized spacial score (nSPS) is 20.8. The van der Waals surface area contributed by atoms with Crippen LogP contribution in [0.1, 0.15) is 44.6 Å². The first-order valence-corrected chi connectivity index (χ1v) is 6.47. The molecule has 0 aliphatic heterocycles. The number of nitrogens with one attached hydrogen (secondary N) is 1. The second-order valence-electron chi connectivity index (χ2n) is 5.07. The summed E-state index contributed by atoms with van der Waals surface area (Å²) in [5, 5.41) is 0. The number of ketones is 1. The van der Waals surface area contributed by atoms with Crippen molar-refractivity contribution in [3.05, 3.63) is 35.9 Å². The van der Waals surface area contributed by atoms with Crippen molar-refractivity contribution in [2.45, 2.75) is 44.6 Å². The third-order valence-corrected chi connectivity index (χ3v) is 4.00. The average molecular weight is 230 g/mol. The number of Topliss-reactive ketones (excluding diaryl/α,β-unsaturated/α-hetero) is 1. The second-order valence-corrected chi connectivity index (χ2v) is 5.07. The van der Waals surface area contributed by atoms with E-state index in [0.717, 1.165) is 31.2 Å². The van der Waals surface area contributed by atoms with Gasteiger partial charge in [0.15, 0.2) is 5.78 Å². The summed E-state index contributed by atoms with van der Waals surface area (Å²) in [5.41, 5.74) is 8.50. The molecule has 17 heavy (non-hydrogen) atoms. The SMILES string of the molecule is CC(=O)C([NH])(c1ccccc1)C1CCCCC1. The van der Waals surface area contributed by atoms with Crippen LogP contribution >= 0.6 is 0 Å². The molecular weight excluding hydrogens is 210 g/mol. The Labute approximate surface area is 103 Å². The van der Waals surface area contributed by atoms with Gasteiger partial charge in [0.25, 0.3) is 0 Å². The standard InChI is InChI=1S/C15H20NO/c1-12(17)15(16,13-8-4-2-5-9-13)14-10-6-3-7-11-14/h2,4-5,8-9,14,16H,3,6-7,10-11H2,1H3. The highest BCUT2D eigenvalue weighted by Crippen LogP contribution is 2.39. The van der Waals surface area contributed by atoms with Gasteiger partial charge in [0.2, 0.25) is 0 Å². The highest BCUT2D eigenvalue weighted by Gasteiger charge is 2.41. The molecule has 0 amide bonds. The van der Waals surface area contributed by atoms with Crippen LogP contribution in [0.5, 0.6) is 0 Å². The molecule has 0 heterocycles. The van der Waals surface area contributed by atoms with Crippen molar-refractivity contribution in [1.29, 1.82) is 0 Å². The van der Waals surface area contributed by atoms with Gasteiger partial charge in [-0.3, -0.25) is 4.79 Å². The van der Waals surface area contributed by atoms with Crippen molar-refractivity contribution in [2.24, 2.45) is 5.92 Å². The van der Waals surface area contributed by atoms with Crippen LogP contribution in [0.2, 0.25) is 0 Å². The molecule has 1 saturated carbocycles. The van der Waals surface area contributed by atoms with Crippen molar-refractivity contribution >= 4 is 5.78 Å². The Kier molecular flexibility index (Phi) is 3.63. The molecule has 0 spiro atoms. The van der Waals surface area contributed by atoms with E-state index in [4.69, 9.17) is 5.73 Å². The summed E-state index contributed by atoms with van der Waals surface area (Å²) in [7, 11) is 0. The van der Waals surface area contributed by atoms with Gasteiger partial charge < -0.3 is 0 Å². The maximum atomic E-state index is 12.0. The van der Waals surface area contributed by atoms with E-state index in [2.05, 4.69) is 0 Å². The molecule has 0 saturated heterocycles. The van der Waals surface area contributed by atoms with Gasteiger partial charge in [-0.05, 0) is 31.2 Å². The van der Waals surface area contributed by atoms with Gasteiger partial charge in [0.1, 0.15) is 5.54 Å². The Morgan fingerprint density at radius 3 is 2.29 bits per heavy atom. The molecular formula is C15H20NO. The molecule has 2 nitrogen and oxygen atoms in total. The molecule has 0 aromatic heterocycles. The maximum absolute atomic E-state index is 12.0. The quantitative estimate of drug-likeness (QED) is 0.785. The van der Waals surface area contributed by atoms with Crippen molar-refractivity contribution < 1.29 is 4.79 Å². The zero-order valence-corrected chi connectivity index (χ0v) is 10.4. The van der Waals surface area contributed by atoms with Gasteiger partial charge in [-0.1, -0.05) is 49.6 Å². The van der Waals surface area contributed by atoms with E-state index in [1.807, 2.05) is 30.3 Å². The average Bonchev–Trinajstić information content (AvgIpc) is 2.39. The van der Waals surface area contributed by atoms with E-state index in [1.54, 1.807) is 6.92 Å². The predicted octanol–water partition coefficient (Wildman–Crippen LogP) is 3.33. The minimum absolute atomic E-state index is 0.0180. The lowest BCUT2D eigenvalue weighted by Crippen LogP contribution is -2.44. The largest absolute Gasteiger partial charge is 0.297 e. The summed E-state index contributed by atoms with van der Waals surface area (Å²) in [6.07, 6.45) is 5.59. The first kappa shape index (κ1) is 12.3. The molecule has 1 unspecified atom stereocenters. The molecule has 1 aliphatic carbocycles. The summed E-state index contributed by atoms with van der Waals surface area (Å²) in [6, 6.07) is 9.62. The van der Waals surface area contributed by atoms with E-state index in [9.17, 15) is 4.79 Å². The Morgan fingerprint density at radius 2 is 1.76 bits per heavy atom. The topological polar surface area (TPSA) is 40.9 Å². The van der Waals surface area contributed by atoms with Crippen LogP contribution in [0, 0.1) is 5.92 Å². The number of hydrogen-bond acceptors (Lipinski definition) is 1. The van der Waals surface area contributed by atoms with E-state index in [1.165, 1.54) is 6.42 Å². The van der Waals surface area contributed by atoms with Gasteiger partial charge in [-0.2, -0.15) is 0 Å². The van der Waals surface area contributed by atoms with Gasteiger partial charge in [0.05, 0.1) is 0 Å². The number of carbonyl (C=O) groups excluding carboxylic acids is 1. The molecule has 2 rings (SSSR count). The zero-order chi connectivity index (χ0) is 12.3. The molecule has 91 valence electrons. The fourth-order valence-electron chi connectivity index (χ4n) is 2.96. The first-order chi connectivity index (χ1) is 8.15. The summed E-state index contributed by atoms with van der Waals surface area (Å²) in [6.45, 7) is 1.56. The highest BCUT2D eigenvalue weighted by molar-refractivity contribution is 5.87. The first-order valence-electron chi connectivity index (χ1n) is 6.47. The second kappa shape index (κ2) is 5.01. The van der Waals surface area contributed by atoms with Crippen LogP contribution in [0.25, 0.3) is 0 Å². The Bertz CT molecular complexity index is 381. The van der Waals surface area contributed by atoms with Crippen LogP contribution in [0.3, 0.4) is 0 Å². The van der Waals surface area contributed by atoms with Crippen LogP contribution in [-0.2, 0) is 10.3 Å². The molecule has 2 heteroatoms. The predicted molar refractivity (Wildman–Crippen MR) is 68.5 cm³/mol. The monoisotopic (exact) mass is 230 g/mol. The summed E-state index contributed by atoms with van der Waals surface area (Å²) in [4.78, 5) is 12.0. The third kappa shape index (κ3) is 2.27. The minimum Gasteiger partial charge on any atom is -0.297 e. The molecule has 0 bridgehead atoms. The van der Waals surface area contributed by atoms with E-state index < -0.39 is 5.54 Å². The smallest absolute Gasteiger partial charge is 0.155 e. The molecule has 1 aromatic rings.